The van der Waals surface area contributed by atoms with Gasteiger partial charge in [0.15, 0.2) is 0 Å². The molecule has 0 aliphatic carbocycles. The van der Waals surface area contributed by atoms with Crippen LogP contribution >= 0.6 is 11.6 Å². The van der Waals surface area contributed by atoms with E-state index in [1.54, 1.807) is 18.0 Å². The number of nitrogens with zero attached hydrogens (tertiary/aromatic N) is 1. The Morgan fingerprint density at radius 2 is 2.47 bits per heavy atom. The molecule has 0 bridgehead atoms. The minimum Gasteiger partial charge on any atom is -0.452 e. The van der Waals surface area contributed by atoms with Crippen molar-refractivity contribution in [3.05, 3.63) is 23.1 Å². The first-order valence-electron chi connectivity index (χ1n) is 4.78. The first-order chi connectivity index (χ1) is 7.20. The van der Waals surface area contributed by atoms with Gasteiger partial charge in [-0.2, -0.15) is 0 Å². The molecular formula is C10H12ClNO3. The van der Waals surface area contributed by atoms with Crippen LogP contribution in [0.1, 0.15) is 16.8 Å². The first kappa shape index (κ1) is 10.5. The lowest BCUT2D eigenvalue weighted by molar-refractivity contribution is 0.0711. The average molecular weight is 230 g/mol. The summed E-state index contributed by atoms with van der Waals surface area (Å²) in [5.74, 6) is -0.121. The molecule has 0 aromatic carbocycles. The number of hydrogen-bond acceptors (Lipinski definition) is 3. The van der Waals surface area contributed by atoms with Gasteiger partial charge in [-0.3, -0.25) is 4.79 Å². The van der Waals surface area contributed by atoms with Crippen LogP contribution in [-0.2, 0) is 4.74 Å². The average Bonchev–Trinajstić information content (AvgIpc) is 2.85. The molecule has 0 saturated carbocycles. The van der Waals surface area contributed by atoms with E-state index < -0.39 is 0 Å². The maximum absolute atomic E-state index is 11.9. The third-order valence-corrected chi connectivity index (χ3v) is 2.91. The smallest absolute Gasteiger partial charge is 0.258 e. The van der Waals surface area contributed by atoms with Crippen LogP contribution in [0.2, 0.25) is 5.22 Å². The Bertz CT molecular complexity index is 357. The second-order valence-corrected chi connectivity index (χ2v) is 3.88. The Morgan fingerprint density at radius 3 is 3.00 bits per heavy atom. The molecule has 1 aliphatic rings. The van der Waals surface area contributed by atoms with E-state index in [1.807, 2.05) is 0 Å². The van der Waals surface area contributed by atoms with Gasteiger partial charge in [-0.1, -0.05) is 0 Å². The maximum atomic E-state index is 11.9. The van der Waals surface area contributed by atoms with Crippen molar-refractivity contribution >= 4 is 17.5 Å². The molecular weight excluding hydrogens is 218 g/mol. The number of rotatable bonds is 2. The van der Waals surface area contributed by atoms with E-state index >= 15 is 0 Å². The summed E-state index contributed by atoms with van der Waals surface area (Å²) < 4.78 is 10.1. The fourth-order valence-corrected chi connectivity index (χ4v) is 1.82. The molecule has 1 unspecified atom stereocenters. The zero-order valence-electron chi connectivity index (χ0n) is 8.40. The van der Waals surface area contributed by atoms with Crippen molar-refractivity contribution in [2.45, 2.75) is 12.5 Å². The Morgan fingerprint density at radius 1 is 1.67 bits per heavy atom. The van der Waals surface area contributed by atoms with Crippen LogP contribution in [0.5, 0.6) is 0 Å². The lowest BCUT2D eigenvalue weighted by atomic mass is 10.2. The number of furan rings is 1. The highest BCUT2D eigenvalue weighted by molar-refractivity contribution is 6.32. The highest BCUT2D eigenvalue weighted by atomic mass is 35.5. The van der Waals surface area contributed by atoms with Gasteiger partial charge in [0.05, 0.1) is 24.5 Å². The molecule has 2 heterocycles. The molecule has 1 aliphatic heterocycles. The van der Waals surface area contributed by atoms with Crippen molar-refractivity contribution in [2.75, 3.05) is 20.3 Å². The largest absolute Gasteiger partial charge is 0.452 e. The first-order valence-corrected chi connectivity index (χ1v) is 5.16. The van der Waals surface area contributed by atoms with Gasteiger partial charge in [-0.15, -0.1) is 0 Å². The van der Waals surface area contributed by atoms with E-state index in [2.05, 4.69) is 0 Å². The highest BCUT2D eigenvalue weighted by Gasteiger charge is 2.26. The molecule has 5 heteroatoms. The predicted molar refractivity (Wildman–Crippen MR) is 55.0 cm³/mol. The van der Waals surface area contributed by atoms with E-state index in [4.69, 9.17) is 20.8 Å². The second-order valence-electron chi connectivity index (χ2n) is 3.54. The van der Waals surface area contributed by atoms with Crippen molar-refractivity contribution in [1.29, 1.82) is 0 Å². The lowest BCUT2D eigenvalue weighted by Crippen LogP contribution is -2.37. The van der Waals surface area contributed by atoms with Crippen LogP contribution in [0.25, 0.3) is 0 Å². The number of ether oxygens (including phenoxy) is 1. The fourth-order valence-electron chi connectivity index (χ4n) is 1.63. The summed E-state index contributed by atoms with van der Waals surface area (Å²) in [6.45, 7) is 1.30. The number of carbonyl (C=O) groups excluding carboxylic acids is 1. The summed E-state index contributed by atoms with van der Waals surface area (Å²) in [4.78, 5) is 13.6. The molecule has 0 radical (unpaired) electrons. The van der Waals surface area contributed by atoms with Crippen LogP contribution in [-0.4, -0.2) is 37.1 Å². The highest BCUT2D eigenvalue weighted by Crippen LogP contribution is 2.20. The molecule has 1 aromatic heterocycles. The third-order valence-electron chi connectivity index (χ3n) is 2.62. The maximum Gasteiger partial charge on any atom is 0.258 e. The van der Waals surface area contributed by atoms with Crippen LogP contribution < -0.4 is 0 Å². The molecule has 0 N–H and O–H groups in total. The molecule has 1 amide bonds. The SMILES string of the molecule is CN(C(=O)c1ccoc1Cl)C1CCOC1. The van der Waals surface area contributed by atoms with E-state index in [1.165, 1.54) is 6.26 Å². The fraction of sp³-hybridized carbons (Fsp3) is 0.500. The zero-order valence-corrected chi connectivity index (χ0v) is 9.16. The molecule has 0 spiro atoms. The number of hydrogen-bond donors (Lipinski definition) is 0. The monoisotopic (exact) mass is 229 g/mol. The van der Waals surface area contributed by atoms with Gasteiger partial charge in [-0.05, 0) is 24.1 Å². The lowest BCUT2D eigenvalue weighted by Gasteiger charge is -2.22. The van der Waals surface area contributed by atoms with Crippen molar-refractivity contribution < 1.29 is 13.9 Å². The quantitative estimate of drug-likeness (QED) is 0.777. The summed E-state index contributed by atoms with van der Waals surface area (Å²) in [6, 6.07) is 1.72. The van der Waals surface area contributed by atoms with Gasteiger partial charge >= 0.3 is 0 Å². The van der Waals surface area contributed by atoms with Crippen LogP contribution in [0.15, 0.2) is 16.7 Å². The van der Waals surface area contributed by atoms with Gasteiger partial charge in [0.2, 0.25) is 5.22 Å². The number of likely N-dealkylation sites (N-methyl/N-ethyl adjacent to an activating group) is 1. The molecule has 1 atom stereocenters. The predicted octanol–water partition coefficient (Wildman–Crippen LogP) is 1.79. The van der Waals surface area contributed by atoms with Crippen molar-refractivity contribution in [1.82, 2.24) is 4.90 Å². The molecule has 15 heavy (non-hydrogen) atoms. The number of carbonyl (C=O) groups is 1. The van der Waals surface area contributed by atoms with Crippen molar-refractivity contribution in [3.63, 3.8) is 0 Å². The molecule has 82 valence electrons. The van der Waals surface area contributed by atoms with E-state index in [0.717, 1.165) is 6.42 Å². The third kappa shape index (κ3) is 2.01. The number of halogens is 1. The van der Waals surface area contributed by atoms with Gasteiger partial charge in [0, 0.05) is 13.7 Å². The van der Waals surface area contributed by atoms with Crippen LogP contribution in [0.3, 0.4) is 0 Å². The summed E-state index contributed by atoms with van der Waals surface area (Å²) in [6.07, 6.45) is 2.28. The summed E-state index contributed by atoms with van der Waals surface area (Å²) in [7, 11) is 1.75. The second kappa shape index (κ2) is 4.24. The van der Waals surface area contributed by atoms with E-state index in [0.29, 0.717) is 18.8 Å². The summed E-state index contributed by atoms with van der Waals surface area (Å²) >= 11 is 5.74. The van der Waals surface area contributed by atoms with E-state index in [9.17, 15) is 4.79 Å². The zero-order chi connectivity index (χ0) is 10.8. The van der Waals surface area contributed by atoms with Crippen LogP contribution in [0, 0.1) is 0 Å². The standard InChI is InChI=1S/C10H12ClNO3/c1-12(7-2-4-14-6-7)10(13)8-3-5-15-9(8)11/h3,5,7H,2,4,6H2,1H3. The van der Waals surface area contributed by atoms with Crippen molar-refractivity contribution in [3.8, 4) is 0 Å². The Hall–Kier alpha value is -1.00. The molecule has 1 fully saturated rings. The molecule has 2 rings (SSSR count). The summed E-state index contributed by atoms with van der Waals surface area (Å²) in [5, 5.41) is 0.144. The van der Waals surface area contributed by atoms with E-state index in [-0.39, 0.29) is 17.2 Å². The Kier molecular flexibility index (Phi) is 2.98. The topological polar surface area (TPSA) is 42.7 Å². The summed E-state index contributed by atoms with van der Waals surface area (Å²) in [5.41, 5.74) is 0.408. The van der Waals surface area contributed by atoms with Crippen LogP contribution in [0.4, 0.5) is 0 Å². The van der Waals surface area contributed by atoms with Gasteiger partial charge < -0.3 is 14.1 Å². The molecule has 1 saturated heterocycles. The Labute approximate surface area is 92.7 Å². The minimum atomic E-state index is -0.121. The number of amides is 1. The van der Waals surface area contributed by atoms with Gasteiger partial charge in [-0.25, -0.2) is 0 Å². The van der Waals surface area contributed by atoms with Gasteiger partial charge in [0.25, 0.3) is 5.91 Å². The molecule has 1 aromatic rings. The van der Waals surface area contributed by atoms with Crippen molar-refractivity contribution in [2.24, 2.45) is 0 Å². The normalized spacial score (nSPS) is 20.5. The minimum absolute atomic E-state index is 0.121. The van der Waals surface area contributed by atoms with Gasteiger partial charge in [0.1, 0.15) is 0 Å². The Balaban J connectivity index is 2.10. The molecule has 4 nitrogen and oxygen atoms in total.